The summed E-state index contributed by atoms with van der Waals surface area (Å²) >= 11 is 0. The lowest BCUT2D eigenvalue weighted by molar-refractivity contribution is -0.131. The summed E-state index contributed by atoms with van der Waals surface area (Å²) in [7, 11) is -3.92. The monoisotopic (exact) mass is 409 g/mol. The molecule has 28 heavy (non-hydrogen) atoms. The first-order valence-electron chi connectivity index (χ1n) is 9.08. The van der Waals surface area contributed by atoms with Gasteiger partial charge in [0.2, 0.25) is 17.7 Å². The summed E-state index contributed by atoms with van der Waals surface area (Å²) in [6.07, 6.45) is 1.73. The van der Waals surface area contributed by atoms with E-state index in [-0.39, 0.29) is 29.2 Å². The van der Waals surface area contributed by atoms with E-state index >= 15 is 0 Å². The predicted molar refractivity (Wildman–Crippen MR) is 99.7 cm³/mol. The highest BCUT2D eigenvalue weighted by Crippen LogP contribution is 2.26. The van der Waals surface area contributed by atoms with Crippen LogP contribution in [-0.2, 0) is 29.1 Å². The Balaban J connectivity index is 1.60. The van der Waals surface area contributed by atoms with E-state index in [9.17, 15) is 22.8 Å². The second kappa shape index (κ2) is 8.27. The first kappa shape index (κ1) is 20.3. The maximum absolute atomic E-state index is 12.5. The number of hydrogen-bond donors (Lipinski definition) is 2. The lowest BCUT2D eigenvalue weighted by atomic mass is 10.1. The van der Waals surface area contributed by atoms with E-state index < -0.39 is 21.8 Å². The van der Waals surface area contributed by atoms with E-state index in [0.29, 0.717) is 25.4 Å². The summed E-state index contributed by atoms with van der Waals surface area (Å²) in [5.41, 5.74) is 0.420. The Morgan fingerprint density at radius 1 is 1.14 bits per heavy atom. The van der Waals surface area contributed by atoms with Gasteiger partial charge < -0.3 is 15.0 Å². The van der Waals surface area contributed by atoms with Crippen molar-refractivity contribution in [1.82, 2.24) is 9.62 Å². The number of nitrogens with zero attached hydrogens (tertiary/aromatic N) is 1. The molecule has 1 atom stereocenters. The molecule has 2 aliphatic rings. The molecule has 1 unspecified atom stereocenters. The number of ether oxygens (including phenoxy) is 1. The summed E-state index contributed by atoms with van der Waals surface area (Å²) in [5.74, 6) is -1.43. The van der Waals surface area contributed by atoms with Crippen LogP contribution >= 0.6 is 0 Å². The van der Waals surface area contributed by atoms with Gasteiger partial charge in [0.15, 0.2) is 0 Å². The molecule has 1 aromatic rings. The standard InChI is InChI=1S/C18H23N3O6S/c1-12(22)20-28(25,26)16-4-2-14(3-5-16)19-18(24)13-10-17(23)21(11-13)15-6-8-27-9-7-15/h2-5,13,15H,6-11H2,1H3,(H,19,24)(H,20,22). The van der Waals surface area contributed by atoms with Crippen molar-refractivity contribution in [3.8, 4) is 0 Å². The Bertz CT molecular complexity index is 862. The normalized spacial score (nSPS) is 20.8. The molecule has 0 saturated carbocycles. The zero-order chi connectivity index (χ0) is 20.3. The van der Waals surface area contributed by atoms with Crippen LogP contribution in [0.3, 0.4) is 0 Å². The molecule has 0 aliphatic carbocycles. The van der Waals surface area contributed by atoms with Gasteiger partial charge in [-0.2, -0.15) is 0 Å². The van der Waals surface area contributed by atoms with Crippen LogP contribution in [0.5, 0.6) is 0 Å². The summed E-state index contributed by atoms with van der Waals surface area (Å²) < 4.78 is 31.1. The van der Waals surface area contributed by atoms with Crippen molar-refractivity contribution in [3.63, 3.8) is 0 Å². The molecule has 3 amide bonds. The van der Waals surface area contributed by atoms with Gasteiger partial charge in [0, 0.05) is 44.8 Å². The van der Waals surface area contributed by atoms with Gasteiger partial charge in [-0.05, 0) is 37.1 Å². The average Bonchev–Trinajstić information content (AvgIpc) is 3.04. The van der Waals surface area contributed by atoms with Crippen LogP contribution in [0.15, 0.2) is 29.2 Å². The van der Waals surface area contributed by atoms with Crippen molar-refractivity contribution < 1.29 is 27.5 Å². The average molecular weight is 409 g/mol. The Kier molecular flexibility index (Phi) is 5.99. The Morgan fingerprint density at radius 2 is 1.79 bits per heavy atom. The van der Waals surface area contributed by atoms with Crippen LogP contribution in [0.25, 0.3) is 0 Å². The summed E-state index contributed by atoms with van der Waals surface area (Å²) in [4.78, 5) is 37.5. The third-order valence-electron chi connectivity index (χ3n) is 4.87. The second-order valence-corrected chi connectivity index (χ2v) is 8.65. The van der Waals surface area contributed by atoms with Crippen molar-refractivity contribution in [3.05, 3.63) is 24.3 Å². The van der Waals surface area contributed by atoms with Crippen molar-refractivity contribution in [2.24, 2.45) is 5.92 Å². The number of likely N-dealkylation sites (tertiary alicyclic amines) is 1. The zero-order valence-electron chi connectivity index (χ0n) is 15.5. The zero-order valence-corrected chi connectivity index (χ0v) is 16.3. The van der Waals surface area contributed by atoms with Gasteiger partial charge in [-0.15, -0.1) is 0 Å². The van der Waals surface area contributed by atoms with Gasteiger partial charge >= 0.3 is 0 Å². The highest BCUT2D eigenvalue weighted by molar-refractivity contribution is 7.90. The maximum atomic E-state index is 12.5. The number of amides is 3. The topological polar surface area (TPSA) is 122 Å². The molecule has 2 aliphatic heterocycles. The summed E-state index contributed by atoms with van der Waals surface area (Å²) in [6.45, 7) is 2.74. The Morgan fingerprint density at radius 3 is 2.39 bits per heavy atom. The minimum atomic E-state index is -3.92. The van der Waals surface area contributed by atoms with E-state index in [0.717, 1.165) is 19.8 Å². The molecule has 2 fully saturated rings. The summed E-state index contributed by atoms with van der Waals surface area (Å²) in [5, 5.41) is 2.72. The molecule has 9 nitrogen and oxygen atoms in total. The SMILES string of the molecule is CC(=O)NS(=O)(=O)c1ccc(NC(=O)C2CC(=O)N(C3CCOCC3)C2)cc1. The van der Waals surface area contributed by atoms with Crippen molar-refractivity contribution in [1.29, 1.82) is 0 Å². The van der Waals surface area contributed by atoms with Crippen LogP contribution in [0.2, 0.25) is 0 Å². The molecular formula is C18H23N3O6S. The molecule has 0 aromatic heterocycles. The molecule has 3 rings (SSSR count). The fourth-order valence-electron chi connectivity index (χ4n) is 3.47. The van der Waals surface area contributed by atoms with Crippen LogP contribution in [0.4, 0.5) is 5.69 Å². The highest BCUT2D eigenvalue weighted by Gasteiger charge is 2.38. The quantitative estimate of drug-likeness (QED) is 0.729. The number of carbonyl (C=O) groups excluding carboxylic acids is 3. The summed E-state index contributed by atoms with van der Waals surface area (Å²) in [6, 6.07) is 5.61. The van der Waals surface area contributed by atoms with Crippen LogP contribution in [0.1, 0.15) is 26.2 Å². The van der Waals surface area contributed by atoms with Crippen molar-refractivity contribution >= 4 is 33.4 Å². The molecule has 2 saturated heterocycles. The third kappa shape index (κ3) is 4.68. The smallest absolute Gasteiger partial charge is 0.264 e. The second-order valence-electron chi connectivity index (χ2n) is 6.97. The lowest BCUT2D eigenvalue weighted by Gasteiger charge is -2.31. The van der Waals surface area contributed by atoms with Gasteiger partial charge in [-0.25, -0.2) is 13.1 Å². The van der Waals surface area contributed by atoms with E-state index in [2.05, 4.69) is 5.32 Å². The molecule has 10 heteroatoms. The molecule has 0 bridgehead atoms. The van der Waals surface area contributed by atoms with Gasteiger partial charge in [-0.1, -0.05) is 0 Å². The number of sulfonamides is 1. The van der Waals surface area contributed by atoms with E-state index in [1.807, 2.05) is 4.72 Å². The van der Waals surface area contributed by atoms with Crippen LogP contribution < -0.4 is 10.0 Å². The minimum absolute atomic E-state index is 0.0243. The van der Waals surface area contributed by atoms with Gasteiger partial charge in [-0.3, -0.25) is 14.4 Å². The molecule has 2 heterocycles. The maximum Gasteiger partial charge on any atom is 0.264 e. The van der Waals surface area contributed by atoms with Gasteiger partial charge in [0.05, 0.1) is 10.8 Å². The van der Waals surface area contributed by atoms with E-state index in [4.69, 9.17) is 4.74 Å². The molecular weight excluding hydrogens is 386 g/mol. The van der Waals surface area contributed by atoms with Crippen LogP contribution in [0, 0.1) is 5.92 Å². The molecule has 152 valence electrons. The number of rotatable bonds is 5. The first-order chi connectivity index (χ1) is 13.3. The fourth-order valence-corrected chi connectivity index (χ4v) is 4.46. The van der Waals surface area contributed by atoms with Gasteiger partial charge in [0.25, 0.3) is 10.0 Å². The molecule has 0 radical (unpaired) electrons. The number of anilines is 1. The Hall–Kier alpha value is -2.46. The number of nitrogens with one attached hydrogen (secondary N) is 2. The Labute approximate surface area is 163 Å². The highest BCUT2D eigenvalue weighted by atomic mass is 32.2. The predicted octanol–water partition coefficient (Wildman–Crippen LogP) is 0.477. The molecule has 1 aromatic carbocycles. The number of carbonyl (C=O) groups is 3. The van der Waals surface area contributed by atoms with Gasteiger partial charge in [0.1, 0.15) is 0 Å². The third-order valence-corrected chi connectivity index (χ3v) is 6.32. The van der Waals surface area contributed by atoms with Crippen LogP contribution in [-0.4, -0.2) is 56.8 Å². The number of hydrogen-bond acceptors (Lipinski definition) is 6. The van der Waals surface area contributed by atoms with E-state index in [1.54, 1.807) is 4.90 Å². The van der Waals surface area contributed by atoms with E-state index in [1.165, 1.54) is 24.3 Å². The molecule has 0 spiro atoms. The number of benzene rings is 1. The molecule has 2 N–H and O–H groups in total. The van der Waals surface area contributed by atoms with Crippen molar-refractivity contribution in [2.75, 3.05) is 25.1 Å². The van der Waals surface area contributed by atoms with Crippen molar-refractivity contribution in [2.45, 2.75) is 37.1 Å². The minimum Gasteiger partial charge on any atom is -0.381 e. The largest absolute Gasteiger partial charge is 0.381 e. The first-order valence-corrected chi connectivity index (χ1v) is 10.6. The lowest BCUT2D eigenvalue weighted by Crippen LogP contribution is -2.41. The fraction of sp³-hybridized carbons (Fsp3) is 0.500.